The molecule has 0 N–H and O–H groups in total. The summed E-state index contributed by atoms with van der Waals surface area (Å²) < 4.78 is 0. The van der Waals surface area contributed by atoms with Crippen LogP contribution in [-0.2, 0) is 4.79 Å². The molecule has 0 saturated carbocycles. The molecule has 0 aliphatic heterocycles. The fourth-order valence-electron chi connectivity index (χ4n) is 0.541. The van der Waals surface area contributed by atoms with E-state index in [4.69, 9.17) is 0 Å². The first kappa shape index (κ1) is 5.63. The summed E-state index contributed by atoms with van der Waals surface area (Å²) in [5.74, 6) is 0.0135. The van der Waals surface area contributed by atoms with E-state index in [9.17, 15) is 4.79 Å². The molecule has 8 heavy (non-hydrogen) atoms. The van der Waals surface area contributed by atoms with E-state index in [2.05, 4.69) is 12.6 Å². The molecule has 0 radical (unpaired) electrons. The summed E-state index contributed by atoms with van der Waals surface area (Å²) in [5, 5.41) is 0. The van der Waals surface area contributed by atoms with Gasteiger partial charge in [-0.3, -0.25) is 4.79 Å². The van der Waals surface area contributed by atoms with Gasteiger partial charge in [-0.15, -0.1) is 12.6 Å². The predicted octanol–water partition coefficient (Wildman–Crippen LogP) is 1.33. The van der Waals surface area contributed by atoms with Gasteiger partial charge in [0.25, 0.3) is 0 Å². The lowest BCUT2D eigenvalue weighted by molar-refractivity contribution is -0.110. The summed E-state index contributed by atoms with van der Waals surface area (Å²) in [6, 6.07) is 0. The third-order valence-corrected chi connectivity index (χ3v) is 1.37. The summed E-state index contributed by atoms with van der Waals surface area (Å²) in [6.45, 7) is 0. The number of hydrogen-bond donors (Lipinski definition) is 1. The Labute approximate surface area is 53.5 Å². The molecule has 0 atom stereocenters. The van der Waals surface area contributed by atoms with Crippen LogP contribution in [0.25, 0.3) is 0 Å². The molecular formula is C6H6OS. The van der Waals surface area contributed by atoms with Crippen molar-refractivity contribution in [3.63, 3.8) is 0 Å². The molecule has 0 amide bonds. The van der Waals surface area contributed by atoms with E-state index >= 15 is 0 Å². The molecule has 0 aromatic heterocycles. The molecule has 0 heterocycles. The van der Waals surface area contributed by atoms with Crippen molar-refractivity contribution in [2.45, 2.75) is 6.42 Å². The predicted molar refractivity (Wildman–Crippen MR) is 35.8 cm³/mol. The molecule has 1 rings (SSSR count). The Bertz CT molecular complexity index is 167. The van der Waals surface area contributed by atoms with E-state index < -0.39 is 0 Å². The number of hydrogen-bond acceptors (Lipinski definition) is 2. The highest BCUT2D eigenvalue weighted by molar-refractivity contribution is 7.85. The van der Waals surface area contributed by atoms with Gasteiger partial charge >= 0.3 is 0 Å². The van der Waals surface area contributed by atoms with Crippen LogP contribution in [0.5, 0.6) is 0 Å². The van der Waals surface area contributed by atoms with Gasteiger partial charge in [-0.05, 0) is 12.5 Å². The van der Waals surface area contributed by atoms with Crippen molar-refractivity contribution < 1.29 is 4.79 Å². The molecular weight excluding hydrogens is 120 g/mol. The fourth-order valence-corrected chi connectivity index (χ4v) is 0.721. The number of allylic oxidation sites excluding steroid dienone is 4. The van der Waals surface area contributed by atoms with Crippen LogP contribution in [0.2, 0.25) is 0 Å². The maximum absolute atomic E-state index is 10.6. The van der Waals surface area contributed by atoms with Gasteiger partial charge in [-0.25, -0.2) is 0 Å². The van der Waals surface area contributed by atoms with Crippen LogP contribution in [0.1, 0.15) is 6.42 Å². The lowest BCUT2D eigenvalue weighted by Crippen LogP contribution is -1.94. The highest BCUT2D eigenvalue weighted by atomic mass is 32.1. The van der Waals surface area contributed by atoms with Crippen LogP contribution in [-0.4, -0.2) is 5.78 Å². The third-order valence-electron chi connectivity index (χ3n) is 0.969. The maximum Gasteiger partial charge on any atom is 0.191 e. The summed E-state index contributed by atoms with van der Waals surface area (Å²) in [7, 11) is 0. The third kappa shape index (κ3) is 1.01. The van der Waals surface area contributed by atoms with Crippen molar-refractivity contribution in [1.29, 1.82) is 0 Å². The molecule has 0 aromatic rings. The molecule has 0 unspecified atom stereocenters. The quantitative estimate of drug-likeness (QED) is 0.484. The van der Waals surface area contributed by atoms with E-state index in [0.717, 1.165) is 6.42 Å². The van der Waals surface area contributed by atoms with Gasteiger partial charge in [0.1, 0.15) is 0 Å². The lowest BCUT2D eigenvalue weighted by atomic mass is 10.2. The zero-order chi connectivity index (χ0) is 5.98. The molecule has 1 aliphatic carbocycles. The molecule has 2 heteroatoms. The van der Waals surface area contributed by atoms with Crippen molar-refractivity contribution in [3.05, 3.63) is 23.1 Å². The first-order chi connectivity index (χ1) is 3.80. The summed E-state index contributed by atoms with van der Waals surface area (Å²) >= 11 is 3.92. The topological polar surface area (TPSA) is 17.1 Å². The van der Waals surface area contributed by atoms with Crippen molar-refractivity contribution in [3.8, 4) is 0 Å². The van der Waals surface area contributed by atoms with E-state index in [1.807, 2.05) is 6.08 Å². The highest BCUT2D eigenvalue weighted by Gasteiger charge is 2.01. The van der Waals surface area contributed by atoms with Gasteiger partial charge in [0.05, 0.1) is 0 Å². The highest BCUT2D eigenvalue weighted by Crippen LogP contribution is 2.09. The average Bonchev–Trinajstić information content (AvgIpc) is 1.77. The number of carbonyl (C=O) groups excluding carboxylic acids is 1. The second-order valence-corrected chi connectivity index (χ2v) is 2.07. The van der Waals surface area contributed by atoms with Gasteiger partial charge in [0, 0.05) is 4.91 Å². The lowest BCUT2D eigenvalue weighted by Gasteiger charge is -1.96. The standard InChI is InChI=1S/C6H6OS/c7-5-3-1-2-4-6(5)8/h1,3-4,8H,2H2. The monoisotopic (exact) mass is 126 g/mol. The molecule has 0 bridgehead atoms. The van der Waals surface area contributed by atoms with Gasteiger partial charge in [-0.1, -0.05) is 12.2 Å². The van der Waals surface area contributed by atoms with Gasteiger partial charge in [-0.2, -0.15) is 0 Å². The SMILES string of the molecule is O=C1C=CCC=C1S. The van der Waals surface area contributed by atoms with E-state index in [1.165, 1.54) is 0 Å². The Morgan fingerprint density at radius 1 is 1.62 bits per heavy atom. The molecule has 42 valence electrons. The first-order valence-corrected chi connectivity index (χ1v) is 2.85. The Morgan fingerprint density at radius 2 is 2.38 bits per heavy atom. The number of carbonyl (C=O) groups is 1. The van der Waals surface area contributed by atoms with Gasteiger partial charge in [0.15, 0.2) is 5.78 Å². The Balaban J connectivity index is 2.78. The zero-order valence-corrected chi connectivity index (χ0v) is 5.19. The minimum absolute atomic E-state index is 0.0135. The first-order valence-electron chi connectivity index (χ1n) is 2.40. The minimum Gasteiger partial charge on any atom is -0.289 e. The minimum atomic E-state index is 0.0135. The van der Waals surface area contributed by atoms with Crippen molar-refractivity contribution in [1.82, 2.24) is 0 Å². The van der Waals surface area contributed by atoms with Crippen LogP contribution in [0.3, 0.4) is 0 Å². The van der Waals surface area contributed by atoms with Crippen molar-refractivity contribution in [2.24, 2.45) is 0 Å². The number of thiol groups is 1. The van der Waals surface area contributed by atoms with Crippen LogP contribution < -0.4 is 0 Å². The molecule has 0 spiro atoms. The molecule has 1 nitrogen and oxygen atoms in total. The van der Waals surface area contributed by atoms with E-state index in [0.29, 0.717) is 4.91 Å². The van der Waals surface area contributed by atoms with Crippen molar-refractivity contribution in [2.75, 3.05) is 0 Å². The molecule has 1 aliphatic rings. The van der Waals surface area contributed by atoms with Crippen LogP contribution in [0, 0.1) is 0 Å². The van der Waals surface area contributed by atoms with Crippen LogP contribution in [0.15, 0.2) is 23.1 Å². The summed E-state index contributed by atoms with van der Waals surface area (Å²) in [6.07, 6.45) is 6.00. The zero-order valence-electron chi connectivity index (χ0n) is 4.29. The smallest absolute Gasteiger partial charge is 0.191 e. The largest absolute Gasteiger partial charge is 0.289 e. The fraction of sp³-hybridized carbons (Fsp3) is 0.167. The van der Waals surface area contributed by atoms with Gasteiger partial charge < -0.3 is 0 Å². The number of rotatable bonds is 0. The normalized spacial score (nSPS) is 18.6. The average molecular weight is 126 g/mol. The molecule has 0 fully saturated rings. The summed E-state index contributed by atoms with van der Waals surface area (Å²) in [5.41, 5.74) is 0. The van der Waals surface area contributed by atoms with Gasteiger partial charge in [0.2, 0.25) is 0 Å². The van der Waals surface area contributed by atoms with Crippen molar-refractivity contribution >= 4 is 18.4 Å². The molecule has 0 aromatic carbocycles. The summed E-state index contributed by atoms with van der Waals surface area (Å²) in [4.78, 5) is 11.1. The maximum atomic E-state index is 10.6. The Hall–Kier alpha value is -0.500. The Morgan fingerprint density at radius 3 is 2.75 bits per heavy atom. The van der Waals surface area contributed by atoms with E-state index in [-0.39, 0.29) is 5.78 Å². The van der Waals surface area contributed by atoms with Crippen LogP contribution in [0.4, 0.5) is 0 Å². The van der Waals surface area contributed by atoms with E-state index in [1.54, 1.807) is 12.2 Å². The Kier molecular flexibility index (Phi) is 1.53. The number of ketones is 1. The second-order valence-electron chi connectivity index (χ2n) is 1.59. The van der Waals surface area contributed by atoms with Crippen LogP contribution >= 0.6 is 12.6 Å². The molecule has 0 saturated heterocycles. The second kappa shape index (κ2) is 2.18.